The molecule has 0 saturated heterocycles. The monoisotopic (exact) mass is 422 g/mol. The van der Waals surface area contributed by atoms with E-state index in [4.69, 9.17) is 0 Å². The molecule has 152 valence electrons. The Labute approximate surface area is 170 Å². The summed E-state index contributed by atoms with van der Waals surface area (Å²) in [5, 5.41) is 5.88. The number of carbonyl (C=O) groups is 2. The zero-order valence-corrected chi connectivity index (χ0v) is 18.1. The average molecular weight is 423 g/mol. The van der Waals surface area contributed by atoms with Crippen LogP contribution in [0.3, 0.4) is 0 Å². The van der Waals surface area contributed by atoms with Gasteiger partial charge in [0.05, 0.1) is 4.90 Å². The molecule has 1 aromatic carbocycles. The second kappa shape index (κ2) is 9.34. The maximum absolute atomic E-state index is 13.3. The summed E-state index contributed by atoms with van der Waals surface area (Å²) in [6.07, 6.45) is 0.692. The summed E-state index contributed by atoms with van der Waals surface area (Å²) >= 11 is 1.30. The minimum absolute atomic E-state index is 0.134. The molecule has 28 heavy (non-hydrogen) atoms. The van der Waals surface area contributed by atoms with Crippen LogP contribution >= 0.6 is 11.3 Å². The van der Waals surface area contributed by atoms with Gasteiger partial charge in [-0.25, -0.2) is 8.42 Å². The highest BCUT2D eigenvalue weighted by atomic mass is 32.2. The number of aryl methyl sites for hydroxylation is 2. The first kappa shape index (κ1) is 22.1. The van der Waals surface area contributed by atoms with Crippen molar-refractivity contribution in [2.75, 3.05) is 6.54 Å². The Morgan fingerprint density at radius 3 is 2.39 bits per heavy atom. The van der Waals surface area contributed by atoms with Crippen molar-refractivity contribution in [1.29, 1.82) is 0 Å². The lowest BCUT2D eigenvalue weighted by Crippen LogP contribution is -2.45. The van der Waals surface area contributed by atoms with Crippen molar-refractivity contribution in [2.45, 2.75) is 50.3 Å². The fourth-order valence-corrected chi connectivity index (χ4v) is 5.42. The molecular formula is C20H26N2O4S2. The van der Waals surface area contributed by atoms with Gasteiger partial charge in [-0.05, 0) is 61.9 Å². The lowest BCUT2D eigenvalue weighted by Gasteiger charge is -2.18. The second-order valence-corrected chi connectivity index (χ2v) is 9.90. The second-order valence-electron chi connectivity index (χ2n) is 6.79. The van der Waals surface area contributed by atoms with Crippen molar-refractivity contribution < 1.29 is 18.0 Å². The molecule has 1 heterocycles. The van der Waals surface area contributed by atoms with E-state index in [1.807, 2.05) is 20.8 Å². The third-order valence-corrected chi connectivity index (χ3v) is 7.90. The Balaban J connectivity index is 2.25. The van der Waals surface area contributed by atoms with Crippen molar-refractivity contribution in [3.63, 3.8) is 0 Å². The fraction of sp³-hybridized carbons (Fsp3) is 0.400. The standard InChI is InChI=1S/C20H26N2O4S2/c1-5-15(4)22-20(24)19(23)21-12-18(17-7-6-10-27-17)28(25,26)16-9-8-13(2)14(3)11-16/h6-11,15,18H,5,12H2,1-4H3,(H,21,23)(H,22,24)/t15-,18-/m1/s1. The molecule has 0 aliphatic rings. The minimum atomic E-state index is -3.75. The predicted octanol–water partition coefficient (Wildman–Crippen LogP) is 2.91. The van der Waals surface area contributed by atoms with Crippen molar-refractivity contribution in [3.05, 3.63) is 51.7 Å². The third-order valence-electron chi connectivity index (χ3n) is 4.69. The summed E-state index contributed by atoms with van der Waals surface area (Å²) < 4.78 is 26.5. The molecule has 2 rings (SSSR count). The molecule has 2 N–H and O–H groups in total. The largest absolute Gasteiger partial charge is 0.346 e. The number of carbonyl (C=O) groups excluding carboxylic acids is 2. The van der Waals surface area contributed by atoms with Crippen molar-refractivity contribution in [2.24, 2.45) is 0 Å². The number of hydrogen-bond acceptors (Lipinski definition) is 5. The average Bonchev–Trinajstić information content (AvgIpc) is 3.17. The smallest absolute Gasteiger partial charge is 0.309 e. The van der Waals surface area contributed by atoms with E-state index in [-0.39, 0.29) is 17.5 Å². The van der Waals surface area contributed by atoms with Gasteiger partial charge in [-0.3, -0.25) is 9.59 Å². The molecule has 2 amide bonds. The normalized spacial score (nSPS) is 13.6. The summed E-state index contributed by atoms with van der Waals surface area (Å²) in [7, 11) is -3.75. The molecule has 0 fully saturated rings. The van der Waals surface area contributed by atoms with E-state index in [0.717, 1.165) is 11.1 Å². The van der Waals surface area contributed by atoms with Gasteiger partial charge in [0.1, 0.15) is 5.25 Å². The molecule has 0 bridgehead atoms. The lowest BCUT2D eigenvalue weighted by atomic mass is 10.1. The van der Waals surface area contributed by atoms with Crippen molar-refractivity contribution in [3.8, 4) is 0 Å². The summed E-state index contributed by atoms with van der Waals surface area (Å²) in [5.41, 5.74) is 1.88. The van der Waals surface area contributed by atoms with Gasteiger partial charge in [0, 0.05) is 17.5 Å². The van der Waals surface area contributed by atoms with Crippen LogP contribution in [0.15, 0.2) is 40.6 Å². The molecule has 0 spiro atoms. The lowest BCUT2D eigenvalue weighted by molar-refractivity contribution is -0.139. The minimum Gasteiger partial charge on any atom is -0.346 e. The van der Waals surface area contributed by atoms with Crippen LogP contribution in [0.2, 0.25) is 0 Å². The van der Waals surface area contributed by atoms with E-state index in [1.54, 1.807) is 42.6 Å². The van der Waals surface area contributed by atoms with Crippen LogP contribution < -0.4 is 10.6 Å². The first-order chi connectivity index (χ1) is 13.2. The Bertz CT molecular complexity index is 937. The Morgan fingerprint density at radius 1 is 1.11 bits per heavy atom. The first-order valence-electron chi connectivity index (χ1n) is 9.10. The van der Waals surface area contributed by atoms with E-state index in [2.05, 4.69) is 10.6 Å². The van der Waals surface area contributed by atoms with Crippen LogP contribution in [0.25, 0.3) is 0 Å². The molecule has 0 aliphatic carbocycles. The van der Waals surface area contributed by atoms with E-state index >= 15 is 0 Å². The van der Waals surface area contributed by atoms with Crippen LogP contribution in [-0.4, -0.2) is 32.8 Å². The Kier molecular flexibility index (Phi) is 7.37. The fourth-order valence-electron chi connectivity index (χ4n) is 2.55. The van der Waals surface area contributed by atoms with Crippen LogP contribution in [0, 0.1) is 13.8 Å². The van der Waals surface area contributed by atoms with Crippen LogP contribution in [0.1, 0.15) is 41.5 Å². The number of benzene rings is 1. The molecule has 0 aliphatic heterocycles. The molecule has 1 aromatic heterocycles. The predicted molar refractivity (Wildman–Crippen MR) is 111 cm³/mol. The highest BCUT2D eigenvalue weighted by molar-refractivity contribution is 7.91. The molecule has 0 unspecified atom stereocenters. The van der Waals surface area contributed by atoms with Gasteiger partial charge in [0.15, 0.2) is 9.84 Å². The number of hydrogen-bond donors (Lipinski definition) is 2. The number of amides is 2. The quantitative estimate of drug-likeness (QED) is 0.671. The van der Waals surface area contributed by atoms with Crippen molar-refractivity contribution >= 4 is 33.0 Å². The summed E-state index contributed by atoms with van der Waals surface area (Å²) in [6.45, 7) is 7.28. The van der Waals surface area contributed by atoms with Gasteiger partial charge in [-0.2, -0.15) is 0 Å². The van der Waals surface area contributed by atoms with E-state index in [0.29, 0.717) is 11.3 Å². The first-order valence-corrected chi connectivity index (χ1v) is 11.5. The molecule has 2 atom stereocenters. The summed E-state index contributed by atoms with van der Waals surface area (Å²) in [6, 6.07) is 8.34. The van der Waals surface area contributed by atoms with Gasteiger partial charge < -0.3 is 10.6 Å². The van der Waals surface area contributed by atoms with E-state index < -0.39 is 26.9 Å². The van der Waals surface area contributed by atoms with Gasteiger partial charge in [0.25, 0.3) is 0 Å². The molecular weight excluding hydrogens is 396 g/mol. The SMILES string of the molecule is CC[C@@H](C)NC(=O)C(=O)NC[C@H](c1cccs1)S(=O)(=O)c1ccc(C)c(C)c1. The Morgan fingerprint density at radius 2 is 1.82 bits per heavy atom. The van der Waals surface area contributed by atoms with Crippen LogP contribution in [0.5, 0.6) is 0 Å². The number of sulfone groups is 1. The molecule has 0 saturated carbocycles. The molecule has 8 heteroatoms. The zero-order valence-electron chi connectivity index (χ0n) is 16.5. The number of rotatable bonds is 7. The van der Waals surface area contributed by atoms with Gasteiger partial charge >= 0.3 is 11.8 Å². The van der Waals surface area contributed by atoms with E-state index in [1.165, 1.54) is 11.3 Å². The molecule has 6 nitrogen and oxygen atoms in total. The maximum atomic E-state index is 13.3. The zero-order chi connectivity index (χ0) is 20.9. The highest BCUT2D eigenvalue weighted by Gasteiger charge is 2.31. The van der Waals surface area contributed by atoms with Crippen molar-refractivity contribution in [1.82, 2.24) is 10.6 Å². The Hall–Kier alpha value is -2.19. The number of nitrogens with one attached hydrogen (secondary N) is 2. The van der Waals surface area contributed by atoms with Gasteiger partial charge in [-0.15, -0.1) is 11.3 Å². The van der Waals surface area contributed by atoms with Crippen LogP contribution in [-0.2, 0) is 19.4 Å². The topological polar surface area (TPSA) is 92.3 Å². The van der Waals surface area contributed by atoms with Gasteiger partial charge in [0.2, 0.25) is 0 Å². The van der Waals surface area contributed by atoms with Gasteiger partial charge in [-0.1, -0.05) is 19.1 Å². The number of thiophene rings is 1. The highest BCUT2D eigenvalue weighted by Crippen LogP contribution is 2.32. The molecule has 2 aromatic rings. The summed E-state index contributed by atoms with van der Waals surface area (Å²) in [5.74, 6) is -1.60. The third kappa shape index (κ3) is 5.20. The molecule has 0 radical (unpaired) electrons. The summed E-state index contributed by atoms with van der Waals surface area (Å²) in [4.78, 5) is 24.9. The maximum Gasteiger partial charge on any atom is 0.309 e. The van der Waals surface area contributed by atoms with E-state index in [9.17, 15) is 18.0 Å². The van der Waals surface area contributed by atoms with Crippen LogP contribution in [0.4, 0.5) is 0 Å².